The summed E-state index contributed by atoms with van der Waals surface area (Å²) in [6.07, 6.45) is -0.189. The summed E-state index contributed by atoms with van der Waals surface area (Å²) >= 11 is 5.63. The molecule has 0 aliphatic rings. The molecule has 0 heterocycles. The SMILES string of the molecule is O=C(Cc1ccc(Cl)cc1F)Nc1cccc([N+](=O)[O-])c1. The van der Waals surface area contributed by atoms with Crippen LogP contribution in [-0.4, -0.2) is 10.8 Å². The van der Waals surface area contributed by atoms with E-state index in [1.54, 1.807) is 0 Å². The van der Waals surface area contributed by atoms with Crippen molar-refractivity contribution in [2.24, 2.45) is 0 Å². The number of rotatable bonds is 4. The molecule has 7 heteroatoms. The fraction of sp³-hybridized carbons (Fsp3) is 0.0714. The van der Waals surface area contributed by atoms with Crippen LogP contribution < -0.4 is 5.32 Å². The zero-order valence-electron chi connectivity index (χ0n) is 10.7. The Kier molecular flexibility index (Phi) is 4.49. The smallest absolute Gasteiger partial charge is 0.271 e. The van der Waals surface area contributed by atoms with Crippen LogP contribution in [0.5, 0.6) is 0 Å². The molecule has 0 bridgehead atoms. The summed E-state index contributed by atoms with van der Waals surface area (Å²) < 4.78 is 13.6. The van der Waals surface area contributed by atoms with E-state index in [0.29, 0.717) is 0 Å². The van der Waals surface area contributed by atoms with Gasteiger partial charge in [0.25, 0.3) is 5.69 Å². The molecule has 0 saturated heterocycles. The minimum absolute atomic E-state index is 0.134. The van der Waals surface area contributed by atoms with Gasteiger partial charge in [0.15, 0.2) is 0 Å². The molecule has 0 unspecified atom stereocenters. The number of nitro groups is 1. The van der Waals surface area contributed by atoms with Crippen molar-refractivity contribution in [1.82, 2.24) is 0 Å². The van der Waals surface area contributed by atoms with Gasteiger partial charge in [0.2, 0.25) is 5.91 Å². The van der Waals surface area contributed by atoms with E-state index in [1.807, 2.05) is 0 Å². The van der Waals surface area contributed by atoms with Crippen LogP contribution in [-0.2, 0) is 11.2 Å². The van der Waals surface area contributed by atoms with Gasteiger partial charge in [0, 0.05) is 22.8 Å². The van der Waals surface area contributed by atoms with Gasteiger partial charge in [-0.05, 0) is 23.8 Å². The second-order valence-electron chi connectivity index (χ2n) is 4.27. The van der Waals surface area contributed by atoms with Crippen molar-refractivity contribution in [2.75, 3.05) is 5.32 Å². The minimum atomic E-state index is -0.573. The normalized spacial score (nSPS) is 10.2. The molecular formula is C14H10ClFN2O3. The van der Waals surface area contributed by atoms with Gasteiger partial charge in [0.05, 0.1) is 11.3 Å². The number of nitrogens with zero attached hydrogens (tertiary/aromatic N) is 1. The molecule has 21 heavy (non-hydrogen) atoms. The molecule has 0 aromatic heterocycles. The largest absolute Gasteiger partial charge is 0.326 e. The predicted octanol–water partition coefficient (Wildman–Crippen LogP) is 3.57. The van der Waals surface area contributed by atoms with E-state index < -0.39 is 16.6 Å². The molecule has 0 fully saturated rings. The van der Waals surface area contributed by atoms with Gasteiger partial charge in [0.1, 0.15) is 5.82 Å². The van der Waals surface area contributed by atoms with Crippen molar-refractivity contribution in [3.8, 4) is 0 Å². The second kappa shape index (κ2) is 6.32. The van der Waals surface area contributed by atoms with E-state index in [-0.39, 0.29) is 28.4 Å². The predicted molar refractivity (Wildman–Crippen MR) is 76.8 cm³/mol. The molecule has 5 nitrogen and oxygen atoms in total. The summed E-state index contributed by atoms with van der Waals surface area (Å²) in [5, 5.41) is 13.4. The Bertz CT molecular complexity index is 706. The lowest BCUT2D eigenvalue weighted by atomic mass is 10.1. The number of amides is 1. The highest BCUT2D eigenvalue weighted by Gasteiger charge is 2.11. The monoisotopic (exact) mass is 308 g/mol. The van der Waals surface area contributed by atoms with Crippen molar-refractivity contribution >= 4 is 28.9 Å². The average molecular weight is 309 g/mol. The second-order valence-corrected chi connectivity index (χ2v) is 4.70. The first-order valence-corrected chi connectivity index (χ1v) is 6.32. The number of carbonyl (C=O) groups is 1. The molecule has 0 radical (unpaired) electrons. The lowest BCUT2D eigenvalue weighted by Gasteiger charge is -2.06. The molecule has 0 atom stereocenters. The van der Waals surface area contributed by atoms with Gasteiger partial charge in [-0.25, -0.2) is 4.39 Å². The first-order chi connectivity index (χ1) is 9.95. The quantitative estimate of drug-likeness (QED) is 0.693. The standard InChI is InChI=1S/C14H10ClFN2O3/c15-10-5-4-9(13(16)7-10)6-14(19)17-11-2-1-3-12(8-11)18(20)21/h1-5,7-8H,6H2,(H,17,19). The Morgan fingerprint density at radius 2 is 2.05 bits per heavy atom. The summed E-state index contributed by atoms with van der Waals surface area (Å²) in [6.45, 7) is 0. The Labute approximate surface area is 124 Å². The van der Waals surface area contributed by atoms with Crippen LogP contribution in [0.25, 0.3) is 0 Å². The summed E-state index contributed by atoms with van der Waals surface area (Å²) in [5.41, 5.74) is 0.344. The van der Waals surface area contributed by atoms with E-state index in [1.165, 1.54) is 36.4 Å². The summed E-state index contributed by atoms with van der Waals surface area (Å²) in [4.78, 5) is 21.9. The lowest BCUT2D eigenvalue weighted by molar-refractivity contribution is -0.384. The van der Waals surface area contributed by atoms with Crippen molar-refractivity contribution in [3.63, 3.8) is 0 Å². The van der Waals surface area contributed by atoms with Crippen LogP contribution in [0.4, 0.5) is 15.8 Å². The molecule has 2 rings (SSSR count). The molecule has 0 aliphatic heterocycles. The number of carbonyl (C=O) groups excluding carboxylic acids is 1. The number of non-ortho nitro benzene ring substituents is 1. The highest BCUT2D eigenvalue weighted by atomic mass is 35.5. The van der Waals surface area contributed by atoms with Crippen molar-refractivity contribution in [1.29, 1.82) is 0 Å². The van der Waals surface area contributed by atoms with Crippen LogP contribution in [0, 0.1) is 15.9 Å². The van der Waals surface area contributed by atoms with E-state index in [4.69, 9.17) is 11.6 Å². The number of nitrogens with one attached hydrogen (secondary N) is 1. The number of halogens is 2. The molecule has 108 valence electrons. The minimum Gasteiger partial charge on any atom is -0.326 e. The van der Waals surface area contributed by atoms with Gasteiger partial charge >= 0.3 is 0 Å². The molecule has 0 saturated carbocycles. The van der Waals surface area contributed by atoms with Crippen molar-refractivity contribution in [3.05, 3.63) is 69.0 Å². The molecule has 1 amide bonds. The van der Waals surface area contributed by atoms with Gasteiger partial charge in [-0.1, -0.05) is 23.7 Å². The number of anilines is 1. The molecule has 2 aromatic rings. The number of nitro benzene ring substituents is 1. The van der Waals surface area contributed by atoms with Crippen molar-refractivity contribution in [2.45, 2.75) is 6.42 Å². The highest BCUT2D eigenvalue weighted by molar-refractivity contribution is 6.30. The summed E-state index contributed by atoms with van der Waals surface area (Å²) in [6, 6.07) is 9.55. The summed E-state index contributed by atoms with van der Waals surface area (Å²) in [5.74, 6) is -1.05. The Balaban J connectivity index is 2.08. The topological polar surface area (TPSA) is 72.2 Å². The zero-order valence-corrected chi connectivity index (χ0v) is 11.4. The third kappa shape index (κ3) is 4.00. The van der Waals surface area contributed by atoms with Crippen LogP contribution in [0.15, 0.2) is 42.5 Å². The summed E-state index contributed by atoms with van der Waals surface area (Å²) in [7, 11) is 0. The molecule has 0 spiro atoms. The van der Waals surface area contributed by atoms with Gasteiger partial charge in [-0.2, -0.15) is 0 Å². The number of benzene rings is 2. The van der Waals surface area contributed by atoms with E-state index in [9.17, 15) is 19.3 Å². The maximum Gasteiger partial charge on any atom is 0.271 e. The van der Waals surface area contributed by atoms with E-state index in [0.717, 1.165) is 6.07 Å². The maximum absolute atomic E-state index is 13.6. The van der Waals surface area contributed by atoms with Crippen LogP contribution in [0.3, 0.4) is 0 Å². The van der Waals surface area contributed by atoms with Crippen LogP contribution in [0.2, 0.25) is 5.02 Å². The molecular weight excluding hydrogens is 299 g/mol. The first kappa shape index (κ1) is 14.9. The average Bonchev–Trinajstić information content (AvgIpc) is 2.42. The lowest BCUT2D eigenvalue weighted by Crippen LogP contribution is -2.15. The fourth-order valence-electron chi connectivity index (χ4n) is 1.74. The van der Waals surface area contributed by atoms with E-state index in [2.05, 4.69) is 5.32 Å². The Morgan fingerprint density at radius 3 is 2.71 bits per heavy atom. The Hall–Kier alpha value is -2.47. The zero-order chi connectivity index (χ0) is 15.4. The molecule has 1 N–H and O–H groups in total. The van der Waals surface area contributed by atoms with Gasteiger partial charge < -0.3 is 5.32 Å². The van der Waals surface area contributed by atoms with Crippen LogP contribution >= 0.6 is 11.6 Å². The Morgan fingerprint density at radius 1 is 1.29 bits per heavy atom. The third-order valence-electron chi connectivity index (χ3n) is 2.71. The first-order valence-electron chi connectivity index (χ1n) is 5.94. The number of hydrogen-bond donors (Lipinski definition) is 1. The fourth-order valence-corrected chi connectivity index (χ4v) is 1.90. The molecule has 0 aliphatic carbocycles. The van der Waals surface area contributed by atoms with Gasteiger partial charge in [-0.3, -0.25) is 14.9 Å². The van der Waals surface area contributed by atoms with Crippen LogP contribution in [0.1, 0.15) is 5.56 Å². The maximum atomic E-state index is 13.6. The third-order valence-corrected chi connectivity index (χ3v) is 2.94. The van der Waals surface area contributed by atoms with Gasteiger partial charge in [-0.15, -0.1) is 0 Å². The molecule has 2 aromatic carbocycles. The van der Waals surface area contributed by atoms with Crippen molar-refractivity contribution < 1.29 is 14.1 Å². The highest BCUT2D eigenvalue weighted by Crippen LogP contribution is 2.18. The number of hydrogen-bond acceptors (Lipinski definition) is 3. The van der Waals surface area contributed by atoms with E-state index >= 15 is 0 Å².